The molecule has 140 valence electrons. The monoisotopic (exact) mass is 371 g/mol. The lowest BCUT2D eigenvalue weighted by Gasteiger charge is -2.24. The fourth-order valence-electron chi connectivity index (χ4n) is 2.46. The Hall–Kier alpha value is -1.64. The molecule has 7 nitrogen and oxygen atoms in total. The van der Waals surface area contributed by atoms with Gasteiger partial charge in [-0.3, -0.25) is 4.18 Å². The largest absolute Gasteiger partial charge is 0.444 e. The number of likely N-dealkylation sites (tertiary alicyclic amines) is 1. The van der Waals surface area contributed by atoms with Gasteiger partial charge in [-0.25, -0.2) is 4.79 Å². The molecule has 1 amide bonds. The van der Waals surface area contributed by atoms with E-state index in [4.69, 9.17) is 13.7 Å². The number of ether oxygens (including phenoxy) is 2. The van der Waals surface area contributed by atoms with Gasteiger partial charge in [0, 0.05) is 7.11 Å². The first-order valence-electron chi connectivity index (χ1n) is 8.02. The molecule has 1 fully saturated rings. The third-order valence-electron chi connectivity index (χ3n) is 3.73. The maximum absolute atomic E-state index is 12.5. The molecule has 0 aliphatic carbocycles. The lowest BCUT2D eigenvalue weighted by atomic mass is 10.2. The minimum atomic E-state index is -3.95. The zero-order chi connectivity index (χ0) is 18.8. The molecular formula is C17H25NO6S. The van der Waals surface area contributed by atoms with E-state index >= 15 is 0 Å². The van der Waals surface area contributed by atoms with Crippen molar-refractivity contribution in [2.45, 2.75) is 50.4 Å². The van der Waals surface area contributed by atoms with Crippen LogP contribution >= 0.6 is 0 Å². The lowest BCUT2D eigenvalue weighted by molar-refractivity contribution is 0.0244. The van der Waals surface area contributed by atoms with Gasteiger partial charge in [0.1, 0.15) is 17.8 Å². The molecule has 1 aromatic rings. The van der Waals surface area contributed by atoms with Crippen LogP contribution in [0.25, 0.3) is 0 Å². The van der Waals surface area contributed by atoms with E-state index in [1.54, 1.807) is 32.9 Å². The second-order valence-electron chi connectivity index (χ2n) is 7.06. The highest BCUT2D eigenvalue weighted by atomic mass is 32.2. The molecule has 1 aliphatic rings. The Bertz CT molecular complexity index is 708. The van der Waals surface area contributed by atoms with Gasteiger partial charge >= 0.3 is 6.09 Å². The van der Waals surface area contributed by atoms with Gasteiger partial charge < -0.3 is 14.4 Å². The van der Waals surface area contributed by atoms with Gasteiger partial charge in [0.05, 0.1) is 18.0 Å². The number of carbonyl (C=O) groups excluding carboxylic acids is 1. The van der Waals surface area contributed by atoms with E-state index in [1.165, 1.54) is 24.1 Å². The zero-order valence-electron chi connectivity index (χ0n) is 15.2. The Labute approximate surface area is 149 Å². The molecule has 2 rings (SSSR count). The summed E-state index contributed by atoms with van der Waals surface area (Å²) >= 11 is 0. The summed E-state index contributed by atoms with van der Waals surface area (Å²) in [5, 5.41) is 0. The molecule has 0 saturated carbocycles. The van der Waals surface area contributed by atoms with Crippen molar-refractivity contribution in [2.24, 2.45) is 0 Å². The number of nitrogens with zero attached hydrogens (tertiary/aromatic N) is 1. The Balaban J connectivity index is 2.10. The summed E-state index contributed by atoms with van der Waals surface area (Å²) in [6, 6.07) is 6.39. The molecule has 8 heteroatoms. The van der Waals surface area contributed by atoms with E-state index in [1.807, 2.05) is 6.92 Å². The number of methoxy groups -OCH3 is 1. The van der Waals surface area contributed by atoms with Gasteiger partial charge in [-0.2, -0.15) is 8.42 Å². The summed E-state index contributed by atoms with van der Waals surface area (Å²) in [7, 11) is -2.49. The molecule has 1 saturated heterocycles. The van der Waals surface area contributed by atoms with Gasteiger partial charge in [-0.15, -0.1) is 0 Å². The van der Waals surface area contributed by atoms with E-state index in [0.717, 1.165) is 5.56 Å². The maximum Gasteiger partial charge on any atom is 0.410 e. The van der Waals surface area contributed by atoms with Gasteiger partial charge in [-0.05, 0) is 39.8 Å². The first-order chi connectivity index (χ1) is 11.5. The van der Waals surface area contributed by atoms with Crippen LogP contribution in [0.15, 0.2) is 29.2 Å². The third-order valence-corrected chi connectivity index (χ3v) is 5.08. The average Bonchev–Trinajstić information content (AvgIpc) is 2.88. The van der Waals surface area contributed by atoms with E-state index in [0.29, 0.717) is 0 Å². The predicted molar refractivity (Wildman–Crippen MR) is 91.8 cm³/mol. The zero-order valence-corrected chi connectivity index (χ0v) is 16.0. The van der Waals surface area contributed by atoms with Crippen LogP contribution < -0.4 is 0 Å². The molecule has 1 aromatic carbocycles. The van der Waals surface area contributed by atoms with E-state index in [-0.39, 0.29) is 18.0 Å². The summed E-state index contributed by atoms with van der Waals surface area (Å²) in [4.78, 5) is 13.7. The second kappa shape index (κ2) is 7.31. The highest BCUT2D eigenvalue weighted by Crippen LogP contribution is 2.24. The second-order valence-corrected chi connectivity index (χ2v) is 8.63. The smallest absolute Gasteiger partial charge is 0.410 e. The van der Waals surface area contributed by atoms with Crippen molar-refractivity contribution >= 4 is 16.2 Å². The first-order valence-corrected chi connectivity index (χ1v) is 9.43. The van der Waals surface area contributed by atoms with E-state index in [9.17, 15) is 13.2 Å². The van der Waals surface area contributed by atoms with Crippen molar-refractivity contribution in [1.29, 1.82) is 0 Å². The molecular weight excluding hydrogens is 346 g/mol. The van der Waals surface area contributed by atoms with Crippen LogP contribution in [0, 0.1) is 6.92 Å². The molecule has 1 aliphatic heterocycles. The van der Waals surface area contributed by atoms with Crippen molar-refractivity contribution < 1.29 is 26.9 Å². The van der Waals surface area contributed by atoms with E-state index in [2.05, 4.69) is 0 Å². The minimum absolute atomic E-state index is 0.0728. The Morgan fingerprint density at radius 3 is 2.20 bits per heavy atom. The van der Waals surface area contributed by atoms with Crippen LogP contribution in [0.1, 0.15) is 26.3 Å². The predicted octanol–water partition coefficient (Wildman–Crippen LogP) is 2.33. The first kappa shape index (κ1) is 19.7. The van der Waals surface area contributed by atoms with E-state index < -0.39 is 34.0 Å². The highest BCUT2D eigenvalue weighted by molar-refractivity contribution is 7.86. The SMILES string of the molecule is CO[C@H]1CN(C(=O)OC(C)(C)C)C[C@H]1OS(=O)(=O)c1ccc(C)cc1. The van der Waals surface area contributed by atoms with Crippen LogP contribution in [0.5, 0.6) is 0 Å². The maximum atomic E-state index is 12.5. The van der Waals surface area contributed by atoms with Gasteiger partial charge in [0.25, 0.3) is 10.1 Å². The number of hydrogen-bond acceptors (Lipinski definition) is 6. The number of carbonyl (C=O) groups is 1. The van der Waals surface area contributed by atoms with Crippen LogP contribution in [-0.4, -0.2) is 57.4 Å². The summed E-state index contributed by atoms with van der Waals surface area (Å²) in [6.45, 7) is 7.46. The number of aryl methyl sites for hydroxylation is 1. The van der Waals surface area contributed by atoms with Gasteiger partial charge in [0.2, 0.25) is 0 Å². The summed E-state index contributed by atoms with van der Waals surface area (Å²) in [6.07, 6.45) is -1.86. The minimum Gasteiger partial charge on any atom is -0.444 e. The Kier molecular flexibility index (Phi) is 5.75. The normalized spacial score (nSPS) is 21.4. The molecule has 0 spiro atoms. The topological polar surface area (TPSA) is 82.1 Å². The molecule has 1 heterocycles. The quantitative estimate of drug-likeness (QED) is 0.756. The van der Waals surface area contributed by atoms with Crippen LogP contribution in [0.3, 0.4) is 0 Å². The van der Waals surface area contributed by atoms with Gasteiger partial charge in [0.15, 0.2) is 0 Å². The van der Waals surface area contributed by atoms with Crippen molar-refractivity contribution in [3.63, 3.8) is 0 Å². The van der Waals surface area contributed by atoms with Crippen molar-refractivity contribution in [1.82, 2.24) is 4.90 Å². The number of benzene rings is 1. The fourth-order valence-corrected chi connectivity index (χ4v) is 3.55. The fraction of sp³-hybridized carbons (Fsp3) is 0.588. The molecule has 0 bridgehead atoms. The average molecular weight is 371 g/mol. The van der Waals surface area contributed by atoms with Crippen molar-refractivity contribution in [3.05, 3.63) is 29.8 Å². The molecule has 0 aromatic heterocycles. The van der Waals surface area contributed by atoms with Gasteiger partial charge in [-0.1, -0.05) is 17.7 Å². The standard InChI is InChI=1S/C17H25NO6S/c1-12-6-8-13(9-7-12)25(20,21)24-15-11-18(10-14(15)22-5)16(19)23-17(2,3)4/h6-9,14-15H,10-11H2,1-5H3/t14-,15+/m0/s1. The summed E-state index contributed by atoms with van der Waals surface area (Å²) in [5.41, 5.74) is 0.317. The Morgan fingerprint density at radius 1 is 1.12 bits per heavy atom. The summed E-state index contributed by atoms with van der Waals surface area (Å²) < 4.78 is 40.9. The van der Waals surface area contributed by atoms with Crippen LogP contribution in [-0.2, 0) is 23.8 Å². The number of hydrogen-bond donors (Lipinski definition) is 0. The molecule has 25 heavy (non-hydrogen) atoms. The van der Waals surface area contributed by atoms with Crippen LogP contribution in [0.2, 0.25) is 0 Å². The molecule has 0 radical (unpaired) electrons. The van der Waals surface area contributed by atoms with Crippen molar-refractivity contribution in [3.8, 4) is 0 Å². The Morgan fingerprint density at radius 2 is 1.68 bits per heavy atom. The van der Waals surface area contributed by atoms with Crippen molar-refractivity contribution in [2.75, 3.05) is 20.2 Å². The number of amides is 1. The number of rotatable bonds is 4. The molecule has 0 N–H and O–H groups in total. The van der Waals surface area contributed by atoms with Crippen LogP contribution in [0.4, 0.5) is 4.79 Å². The highest BCUT2D eigenvalue weighted by Gasteiger charge is 2.40. The lowest BCUT2D eigenvalue weighted by Crippen LogP contribution is -2.36. The summed E-state index contributed by atoms with van der Waals surface area (Å²) in [5.74, 6) is 0. The molecule has 2 atom stereocenters. The third kappa shape index (κ3) is 5.17. The molecule has 0 unspecified atom stereocenters.